The fourth-order valence-corrected chi connectivity index (χ4v) is 2.32. The Balaban J connectivity index is 1.89. The maximum Gasteiger partial charge on any atom is 0.251 e. The third-order valence-electron chi connectivity index (χ3n) is 3.28. The summed E-state index contributed by atoms with van der Waals surface area (Å²) in [5.41, 5.74) is 0.799. The molecule has 11 heteroatoms. The third kappa shape index (κ3) is 7.19. The first-order chi connectivity index (χ1) is 13.3. The normalized spacial score (nSPS) is 11.5. The quantitative estimate of drug-likeness (QED) is 0.209. The van der Waals surface area contributed by atoms with Crippen molar-refractivity contribution in [2.24, 2.45) is 4.99 Å². The molecule has 0 spiro atoms. The molecule has 0 saturated carbocycles. The Bertz CT molecular complexity index is 881. The van der Waals surface area contributed by atoms with E-state index in [1.54, 1.807) is 18.3 Å². The Labute approximate surface area is 175 Å². The zero-order chi connectivity index (χ0) is 20.6. The van der Waals surface area contributed by atoms with Crippen molar-refractivity contribution in [3.8, 4) is 6.19 Å². The van der Waals surface area contributed by atoms with Crippen LogP contribution in [0.15, 0.2) is 47.6 Å². The summed E-state index contributed by atoms with van der Waals surface area (Å²) in [6, 6.07) is 8.23. The molecule has 2 aromatic rings. The summed E-state index contributed by atoms with van der Waals surface area (Å²) < 4.78 is 11.5. The van der Waals surface area contributed by atoms with Gasteiger partial charge < -0.3 is 16.0 Å². The van der Waals surface area contributed by atoms with Gasteiger partial charge in [0, 0.05) is 5.56 Å². The molecule has 28 heavy (non-hydrogen) atoms. The third-order valence-corrected chi connectivity index (χ3v) is 4.04. The van der Waals surface area contributed by atoms with Gasteiger partial charge in [-0.2, -0.15) is 5.26 Å². The van der Waals surface area contributed by atoms with Crippen LogP contribution < -0.4 is 16.0 Å². The number of carbonyl (C=O) groups is 1. The molecule has 1 heterocycles. The lowest BCUT2D eigenvalue weighted by Gasteiger charge is -2.22. The summed E-state index contributed by atoms with van der Waals surface area (Å²) in [5, 5.41) is 17.3. The standard InChI is InChI=1S/C17H14Cl3FN6O/c18-14-6-5-13(7-23-14)27-16(26-10-22)25-9-17(19,20)8-24-15(28)11-1-3-12(21)4-2-11/h1-7H,8-9H2,(H,24,28)(H2,25,26,27). The van der Waals surface area contributed by atoms with E-state index >= 15 is 0 Å². The van der Waals surface area contributed by atoms with E-state index in [1.807, 2.05) is 0 Å². The van der Waals surface area contributed by atoms with Crippen molar-refractivity contribution in [3.63, 3.8) is 0 Å². The van der Waals surface area contributed by atoms with Gasteiger partial charge in [0.15, 0.2) is 4.33 Å². The fourth-order valence-electron chi connectivity index (χ4n) is 1.94. The van der Waals surface area contributed by atoms with Crippen LogP contribution in [0.4, 0.5) is 10.1 Å². The summed E-state index contributed by atoms with van der Waals surface area (Å²) in [4.78, 5) is 19.5. The van der Waals surface area contributed by atoms with Gasteiger partial charge in [-0.25, -0.2) is 9.37 Å². The Hall–Kier alpha value is -2.60. The van der Waals surface area contributed by atoms with Crippen LogP contribution in [0, 0.1) is 17.3 Å². The Morgan fingerprint density at radius 2 is 1.86 bits per heavy atom. The summed E-state index contributed by atoms with van der Waals surface area (Å²) >= 11 is 18.1. The van der Waals surface area contributed by atoms with Crippen LogP contribution >= 0.6 is 34.8 Å². The van der Waals surface area contributed by atoms with E-state index in [4.69, 9.17) is 40.1 Å². The second kappa shape index (κ2) is 10.1. The monoisotopic (exact) mass is 442 g/mol. The number of nitrogens with zero attached hydrogens (tertiary/aromatic N) is 3. The molecule has 0 aliphatic rings. The molecular weight excluding hydrogens is 430 g/mol. The number of pyridine rings is 1. The lowest BCUT2D eigenvalue weighted by atomic mass is 10.2. The number of hydrogen-bond donors (Lipinski definition) is 3. The zero-order valence-electron chi connectivity index (χ0n) is 14.2. The van der Waals surface area contributed by atoms with Crippen molar-refractivity contribution in [1.29, 1.82) is 5.26 Å². The summed E-state index contributed by atoms with van der Waals surface area (Å²) in [6.07, 6.45) is 3.09. The average Bonchev–Trinajstić information content (AvgIpc) is 2.67. The zero-order valence-corrected chi connectivity index (χ0v) is 16.5. The SMILES string of the molecule is N#CN=C(NCC(Cl)(Cl)CNC(=O)c1ccc(F)cc1)Nc1ccc(Cl)nc1. The molecule has 0 saturated heterocycles. The Morgan fingerprint density at radius 1 is 1.18 bits per heavy atom. The van der Waals surface area contributed by atoms with Crippen LogP contribution in [0.25, 0.3) is 0 Å². The molecular formula is C17H14Cl3FN6O. The number of guanidine groups is 1. The molecule has 0 atom stereocenters. The molecule has 3 N–H and O–H groups in total. The first-order valence-electron chi connectivity index (χ1n) is 7.80. The first-order valence-corrected chi connectivity index (χ1v) is 8.93. The molecule has 0 bridgehead atoms. The van der Waals surface area contributed by atoms with E-state index in [0.717, 1.165) is 0 Å². The van der Waals surface area contributed by atoms with Crippen LogP contribution in [0.5, 0.6) is 0 Å². The highest BCUT2D eigenvalue weighted by atomic mass is 35.5. The molecule has 0 aliphatic carbocycles. The van der Waals surface area contributed by atoms with Gasteiger partial charge in [-0.15, -0.1) is 4.99 Å². The van der Waals surface area contributed by atoms with Crippen molar-refractivity contribution in [2.45, 2.75) is 4.33 Å². The van der Waals surface area contributed by atoms with Crippen LogP contribution in [-0.2, 0) is 0 Å². The van der Waals surface area contributed by atoms with Crippen LogP contribution in [0.1, 0.15) is 10.4 Å². The van der Waals surface area contributed by atoms with Crippen LogP contribution in [0.2, 0.25) is 5.15 Å². The van der Waals surface area contributed by atoms with Crippen molar-refractivity contribution >= 4 is 52.4 Å². The number of nitrogens with one attached hydrogen (secondary N) is 3. The highest BCUT2D eigenvalue weighted by molar-refractivity contribution is 6.49. The van der Waals surface area contributed by atoms with E-state index in [9.17, 15) is 9.18 Å². The van der Waals surface area contributed by atoms with Crippen LogP contribution in [0.3, 0.4) is 0 Å². The highest BCUT2D eigenvalue weighted by Gasteiger charge is 2.25. The van der Waals surface area contributed by atoms with Gasteiger partial charge in [0.2, 0.25) is 12.2 Å². The molecule has 0 unspecified atom stereocenters. The molecule has 1 aromatic heterocycles. The van der Waals surface area contributed by atoms with Gasteiger partial charge in [0.05, 0.1) is 25.0 Å². The molecule has 0 aliphatic heterocycles. The summed E-state index contributed by atoms with van der Waals surface area (Å²) in [5.74, 6) is -0.818. The predicted molar refractivity (Wildman–Crippen MR) is 107 cm³/mol. The minimum atomic E-state index is -1.41. The van der Waals surface area contributed by atoms with E-state index in [1.165, 1.54) is 30.5 Å². The first kappa shape index (κ1) is 21.7. The minimum Gasteiger partial charge on any atom is -0.352 e. The van der Waals surface area contributed by atoms with Crippen molar-refractivity contribution in [2.75, 3.05) is 18.4 Å². The fraction of sp³-hybridized carbons (Fsp3) is 0.176. The molecule has 146 valence electrons. The van der Waals surface area contributed by atoms with Gasteiger partial charge in [0.25, 0.3) is 5.91 Å². The predicted octanol–water partition coefficient (Wildman–Crippen LogP) is 3.32. The van der Waals surface area contributed by atoms with Gasteiger partial charge >= 0.3 is 0 Å². The molecule has 7 nitrogen and oxygen atoms in total. The van der Waals surface area contributed by atoms with E-state index in [0.29, 0.717) is 10.8 Å². The molecule has 1 aromatic carbocycles. The molecule has 1 amide bonds. The highest BCUT2D eigenvalue weighted by Crippen LogP contribution is 2.19. The summed E-state index contributed by atoms with van der Waals surface area (Å²) in [7, 11) is 0. The smallest absolute Gasteiger partial charge is 0.251 e. The number of hydrogen-bond acceptors (Lipinski definition) is 4. The Morgan fingerprint density at radius 3 is 2.46 bits per heavy atom. The average molecular weight is 444 g/mol. The van der Waals surface area contributed by atoms with Crippen molar-refractivity contribution in [3.05, 3.63) is 59.1 Å². The second-order valence-corrected chi connectivity index (χ2v) is 7.48. The number of halogens is 4. The topological polar surface area (TPSA) is 102 Å². The largest absolute Gasteiger partial charge is 0.352 e. The Kier molecular flexibility index (Phi) is 7.81. The number of amides is 1. The number of benzene rings is 1. The lowest BCUT2D eigenvalue weighted by molar-refractivity contribution is 0.0952. The van der Waals surface area contributed by atoms with Crippen LogP contribution in [-0.4, -0.2) is 34.3 Å². The number of rotatable bonds is 6. The maximum absolute atomic E-state index is 12.9. The van der Waals surface area contributed by atoms with E-state index in [2.05, 4.69) is 25.9 Å². The number of alkyl halides is 2. The number of aromatic nitrogens is 1. The van der Waals surface area contributed by atoms with Gasteiger partial charge in [-0.1, -0.05) is 34.8 Å². The van der Waals surface area contributed by atoms with E-state index in [-0.39, 0.29) is 24.6 Å². The lowest BCUT2D eigenvalue weighted by Crippen LogP contribution is -2.45. The number of aliphatic imine (C=N–C) groups is 1. The number of anilines is 1. The van der Waals surface area contributed by atoms with Crippen molar-refractivity contribution in [1.82, 2.24) is 15.6 Å². The van der Waals surface area contributed by atoms with Gasteiger partial charge in [-0.05, 0) is 36.4 Å². The maximum atomic E-state index is 12.9. The summed E-state index contributed by atoms with van der Waals surface area (Å²) in [6.45, 7) is -0.157. The second-order valence-electron chi connectivity index (χ2n) is 5.45. The van der Waals surface area contributed by atoms with Crippen molar-refractivity contribution < 1.29 is 9.18 Å². The molecule has 0 fully saturated rings. The number of nitriles is 1. The molecule has 2 rings (SSSR count). The van der Waals surface area contributed by atoms with Gasteiger partial charge in [-0.3, -0.25) is 4.79 Å². The number of carbonyl (C=O) groups excluding carboxylic acids is 1. The minimum absolute atomic E-state index is 0.0473. The van der Waals surface area contributed by atoms with E-state index < -0.39 is 16.1 Å². The van der Waals surface area contributed by atoms with Gasteiger partial charge in [0.1, 0.15) is 11.0 Å². The molecule has 0 radical (unpaired) electrons.